The highest BCUT2D eigenvalue weighted by Crippen LogP contribution is 2.41. The molecule has 0 radical (unpaired) electrons. The molecule has 0 bridgehead atoms. The van der Waals surface area contributed by atoms with Crippen LogP contribution in [0.3, 0.4) is 0 Å². The molecule has 27 heavy (non-hydrogen) atoms. The number of non-ortho nitro benzene ring substituents is 1. The van der Waals surface area contributed by atoms with Crippen molar-refractivity contribution in [1.29, 1.82) is 0 Å². The molecule has 0 spiro atoms. The molecule has 9 heteroatoms. The molecular formula is C18H19N3O5S. The quantitative estimate of drug-likeness (QED) is 0.445. The lowest BCUT2D eigenvalue weighted by Crippen LogP contribution is -2.46. The van der Waals surface area contributed by atoms with E-state index in [-0.39, 0.29) is 23.3 Å². The van der Waals surface area contributed by atoms with E-state index in [0.717, 1.165) is 0 Å². The molecule has 1 saturated heterocycles. The zero-order chi connectivity index (χ0) is 19.7. The fourth-order valence-electron chi connectivity index (χ4n) is 3.06. The first kappa shape index (κ1) is 19.1. The number of esters is 1. The predicted molar refractivity (Wildman–Crippen MR) is 101 cm³/mol. The average Bonchev–Trinajstić information content (AvgIpc) is 2.60. The number of ether oxygens (including phenoxy) is 1. The molecule has 0 saturated carbocycles. The van der Waals surface area contributed by atoms with Gasteiger partial charge in [-0.15, -0.1) is 0 Å². The Morgan fingerprint density at radius 3 is 2.85 bits per heavy atom. The van der Waals surface area contributed by atoms with Gasteiger partial charge in [0.05, 0.1) is 28.3 Å². The van der Waals surface area contributed by atoms with Gasteiger partial charge < -0.3 is 4.74 Å². The van der Waals surface area contributed by atoms with Crippen LogP contribution in [0, 0.1) is 10.1 Å². The number of nitro benzene ring substituents is 1. The number of carbonyl (C=O) groups excluding carboxylic acids is 2. The minimum absolute atomic E-state index is 0.108. The first-order chi connectivity index (χ1) is 12.8. The van der Waals surface area contributed by atoms with Gasteiger partial charge in [0.25, 0.3) is 5.69 Å². The lowest BCUT2D eigenvalue weighted by Gasteiger charge is -2.38. The van der Waals surface area contributed by atoms with Crippen LogP contribution in [0.1, 0.15) is 38.8 Å². The summed E-state index contributed by atoms with van der Waals surface area (Å²) in [6, 6.07) is 5.17. The summed E-state index contributed by atoms with van der Waals surface area (Å²) in [5.41, 5.74) is 1.04. The van der Waals surface area contributed by atoms with Gasteiger partial charge in [0, 0.05) is 24.3 Å². The second-order valence-electron chi connectivity index (χ2n) is 6.46. The van der Waals surface area contributed by atoms with Gasteiger partial charge in [0.15, 0.2) is 5.17 Å². The van der Waals surface area contributed by atoms with Crippen molar-refractivity contribution in [2.75, 3.05) is 5.75 Å². The molecule has 0 aliphatic carbocycles. The Morgan fingerprint density at radius 1 is 1.44 bits per heavy atom. The number of hydrogen-bond donors (Lipinski definition) is 0. The summed E-state index contributed by atoms with van der Waals surface area (Å²) in [6.07, 6.45) is -0.0407. The van der Waals surface area contributed by atoms with E-state index < -0.39 is 16.9 Å². The van der Waals surface area contributed by atoms with Gasteiger partial charge in [0.1, 0.15) is 0 Å². The van der Waals surface area contributed by atoms with Crippen molar-refractivity contribution >= 4 is 34.5 Å². The first-order valence-corrected chi connectivity index (χ1v) is 9.47. The van der Waals surface area contributed by atoms with Gasteiger partial charge in [-0.3, -0.25) is 19.8 Å². The SMILES string of the molecule is CC1=C(C(=O)OC(C)C)[C@H](c2cccc([N+](=O)[O-])c2)N2C(=O)CCSC2=N1. The molecule has 0 N–H and O–H groups in total. The van der Waals surface area contributed by atoms with E-state index in [1.54, 1.807) is 32.9 Å². The summed E-state index contributed by atoms with van der Waals surface area (Å²) in [5.74, 6) is -0.147. The number of carbonyl (C=O) groups is 2. The molecule has 142 valence electrons. The van der Waals surface area contributed by atoms with Crippen molar-refractivity contribution in [2.24, 2.45) is 4.99 Å². The van der Waals surface area contributed by atoms with Crippen molar-refractivity contribution < 1.29 is 19.2 Å². The van der Waals surface area contributed by atoms with E-state index in [4.69, 9.17) is 4.74 Å². The summed E-state index contributed by atoms with van der Waals surface area (Å²) in [6.45, 7) is 5.15. The second kappa shape index (κ2) is 7.51. The number of thioether (sulfide) groups is 1. The lowest BCUT2D eigenvalue weighted by molar-refractivity contribution is -0.384. The minimum atomic E-state index is -0.802. The van der Waals surface area contributed by atoms with Crippen LogP contribution in [0.25, 0.3) is 0 Å². The van der Waals surface area contributed by atoms with E-state index in [1.807, 2.05) is 0 Å². The summed E-state index contributed by atoms with van der Waals surface area (Å²) >= 11 is 1.43. The number of nitrogens with zero attached hydrogens (tertiary/aromatic N) is 3. The molecule has 1 atom stereocenters. The third-order valence-corrected chi connectivity index (χ3v) is 5.12. The predicted octanol–water partition coefficient (Wildman–Crippen LogP) is 3.20. The first-order valence-electron chi connectivity index (χ1n) is 8.49. The Labute approximate surface area is 160 Å². The molecule has 2 aliphatic heterocycles. The van der Waals surface area contributed by atoms with Crippen LogP contribution in [0.4, 0.5) is 5.69 Å². The second-order valence-corrected chi connectivity index (χ2v) is 7.53. The van der Waals surface area contributed by atoms with Gasteiger partial charge >= 0.3 is 5.97 Å². The highest BCUT2D eigenvalue weighted by Gasteiger charge is 2.42. The molecule has 0 unspecified atom stereocenters. The molecule has 1 aromatic carbocycles. The number of amidine groups is 1. The fourth-order valence-corrected chi connectivity index (χ4v) is 4.07. The highest BCUT2D eigenvalue weighted by molar-refractivity contribution is 8.14. The topological polar surface area (TPSA) is 102 Å². The molecule has 1 aromatic rings. The van der Waals surface area contributed by atoms with E-state index >= 15 is 0 Å². The summed E-state index contributed by atoms with van der Waals surface area (Å²) in [7, 11) is 0. The Hall–Kier alpha value is -2.68. The maximum absolute atomic E-state index is 12.8. The number of nitro groups is 1. The number of allylic oxidation sites excluding steroid dienone is 1. The smallest absolute Gasteiger partial charge is 0.338 e. The molecule has 2 aliphatic rings. The summed E-state index contributed by atoms with van der Waals surface area (Å²) in [5, 5.41) is 11.7. The normalized spacial score (nSPS) is 19.7. The molecule has 2 heterocycles. The van der Waals surface area contributed by atoms with Crippen molar-refractivity contribution in [3.63, 3.8) is 0 Å². The van der Waals surface area contributed by atoms with E-state index in [0.29, 0.717) is 28.6 Å². The van der Waals surface area contributed by atoms with E-state index in [9.17, 15) is 19.7 Å². The number of rotatable bonds is 4. The zero-order valence-electron chi connectivity index (χ0n) is 15.2. The van der Waals surface area contributed by atoms with Gasteiger partial charge in [-0.2, -0.15) is 0 Å². The maximum atomic E-state index is 12.8. The van der Waals surface area contributed by atoms with E-state index in [1.165, 1.54) is 28.8 Å². The van der Waals surface area contributed by atoms with Crippen molar-refractivity contribution in [3.05, 3.63) is 51.2 Å². The molecule has 1 fully saturated rings. The highest BCUT2D eigenvalue weighted by atomic mass is 32.2. The third kappa shape index (κ3) is 3.73. The van der Waals surface area contributed by atoms with Crippen molar-refractivity contribution in [3.8, 4) is 0 Å². The van der Waals surface area contributed by atoms with Crippen LogP contribution >= 0.6 is 11.8 Å². The number of hydrogen-bond acceptors (Lipinski definition) is 7. The largest absolute Gasteiger partial charge is 0.459 e. The van der Waals surface area contributed by atoms with Gasteiger partial charge in [0.2, 0.25) is 5.91 Å². The standard InChI is InChI=1S/C18H19N3O5S/c1-10(2)26-17(23)15-11(3)19-18-20(14(22)7-8-27-18)16(15)12-5-4-6-13(9-12)21(24)25/h4-6,9-10,16H,7-8H2,1-3H3/t16-/m0/s1. The van der Waals surface area contributed by atoms with Crippen LogP contribution in [-0.2, 0) is 14.3 Å². The Morgan fingerprint density at radius 2 is 2.19 bits per heavy atom. The fraction of sp³-hybridized carbons (Fsp3) is 0.389. The van der Waals surface area contributed by atoms with Gasteiger partial charge in [-0.25, -0.2) is 9.79 Å². The Kier molecular flexibility index (Phi) is 5.31. The van der Waals surface area contributed by atoms with Crippen LogP contribution in [0.5, 0.6) is 0 Å². The Bertz CT molecular complexity index is 878. The maximum Gasteiger partial charge on any atom is 0.338 e. The van der Waals surface area contributed by atoms with Crippen LogP contribution in [-0.4, -0.2) is 38.7 Å². The summed E-state index contributed by atoms with van der Waals surface area (Å²) < 4.78 is 5.36. The van der Waals surface area contributed by atoms with Crippen molar-refractivity contribution in [1.82, 2.24) is 4.90 Å². The molecule has 3 rings (SSSR count). The van der Waals surface area contributed by atoms with Gasteiger partial charge in [-0.05, 0) is 26.3 Å². The molecule has 8 nitrogen and oxygen atoms in total. The third-order valence-electron chi connectivity index (χ3n) is 4.17. The number of aliphatic imine (C=N–C) groups is 1. The molecule has 1 amide bonds. The average molecular weight is 389 g/mol. The minimum Gasteiger partial charge on any atom is -0.459 e. The number of fused-ring (bicyclic) bond motifs is 1. The lowest BCUT2D eigenvalue weighted by atomic mass is 9.94. The Balaban J connectivity index is 2.16. The van der Waals surface area contributed by atoms with Gasteiger partial charge in [-0.1, -0.05) is 23.9 Å². The van der Waals surface area contributed by atoms with Crippen LogP contribution in [0.15, 0.2) is 40.5 Å². The summed E-state index contributed by atoms with van der Waals surface area (Å²) in [4.78, 5) is 42.0. The zero-order valence-corrected chi connectivity index (χ0v) is 16.0. The van der Waals surface area contributed by atoms with Crippen LogP contribution in [0.2, 0.25) is 0 Å². The number of benzene rings is 1. The molecule has 0 aromatic heterocycles. The van der Waals surface area contributed by atoms with E-state index in [2.05, 4.69) is 4.99 Å². The molecular weight excluding hydrogens is 370 g/mol. The van der Waals surface area contributed by atoms with Crippen molar-refractivity contribution in [2.45, 2.75) is 39.3 Å². The number of amides is 1. The van der Waals surface area contributed by atoms with Crippen LogP contribution < -0.4 is 0 Å². The monoisotopic (exact) mass is 389 g/mol.